The zero-order chi connectivity index (χ0) is 19.6. The molecule has 0 aromatic heterocycles. The molecular formula is C16H26N2O8S. The van der Waals surface area contributed by atoms with E-state index < -0.39 is 36.7 Å². The standard InChI is InChI=1S/C16H26N2O8S/c19-10(25-5-8-12(20)13(21)14(22)15(23)26-8)4-2-1-3-9-11-7(6-27-9)17-16(24)18-11/h7-9,11-15,20-23H,1-6H2,(H2,17,18,24)/t7-,8+,9-,11-,12+,13-,14+,15?/m0/s1. The van der Waals surface area contributed by atoms with Crippen LogP contribution in [0.25, 0.3) is 0 Å². The van der Waals surface area contributed by atoms with Gasteiger partial charge in [0.15, 0.2) is 6.29 Å². The van der Waals surface area contributed by atoms with Crippen molar-refractivity contribution >= 4 is 23.8 Å². The summed E-state index contributed by atoms with van der Waals surface area (Å²) < 4.78 is 9.99. The summed E-state index contributed by atoms with van der Waals surface area (Å²) >= 11 is 1.82. The minimum absolute atomic E-state index is 0.117. The Hall–Kier alpha value is -1.11. The summed E-state index contributed by atoms with van der Waals surface area (Å²) in [5.41, 5.74) is 0. The number of amides is 2. The fourth-order valence-corrected chi connectivity index (χ4v) is 5.12. The van der Waals surface area contributed by atoms with Gasteiger partial charge in [-0.3, -0.25) is 4.79 Å². The Morgan fingerprint density at radius 3 is 2.70 bits per heavy atom. The van der Waals surface area contributed by atoms with Gasteiger partial charge in [-0.1, -0.05) is 6.42 Å². The molecule has 0 radical (unpaired) electrons. The van der Waals surface area contributed by atoms with E-state index in [9.17, 15) is 30.0 Å². The molecule has 0 saturated carbocycles. The van der Waals surface area contributed by atoms with E-state index in [-0.39, 0.29) is 31.1 Å². The van der Waals surface area contributed by atoms with Crippen molar-refractivity contribution in [1.29, 1.82) is 0 Å². The Balaban J connectivity index is 1.30. The predicted molar refractivity (Wildman–Crippen MR) is 93.8 cm³/mol. The molecule has 10 nitrogen and oxygen atoms in total. The van der Waals surface area contributed by atoms with Gasteiger partial charge in [0.25, 0.3) is 0 Å². The molecule has 6 N–H and O–H groups in total. The summed E-state index contributed by atoms with van der Waals surface area (Å²) in [5, 5.41) is 44.4. The van der Waals surface area contributed by atoms with E-state index in [0.717, 1.165) is 18.6 Å². The van der Waals surface area contributed by atoms with Crippen LogP contribution in [0.2, 0.25) is 0 Å². The van der Waals surface area contributed by atoms with Crippen LogP contribution in [0.3, 0.4) is 0 Å². The zero-order valence-electron chi connectivity index (χ0n) is 14.7. The SMILES string of the molecule is O=C1N[C@H]2[C@H](CS[C@H]2CCCCC(=O)OC[C@H]2OC(O)[C@H](O)[C@@H](O)[C@@H]2O)N1. The number of aliphatic hydroxyl groups excluding tert-OH is 4. The molecule has 0 bridgehead atoms. The fourth-order valence-electron chi connectivity index (χ4n) is 3.57. The van der Waals surface area contributed by atoms with Gasteiger partial charge in [-0.25, -0.2) is 4.79 Å². The largest absolute Gasteiger partial charge is 0.463 e. The van der Waals surface area contributed by atoms with Crippen molar-refractivity contribution in [3.63, 3.8) is 0 Å². The summed E-state index contributed by atoms with van der Waals surface area (Å²) in [6, 6.07) is 0.213. The molecule has 0 spiro atoms. The zero-order valence-corrected chi connectivity index (χ0v) is 15.5. The van der Waals surface area contributed by atoms with Crippen LogP contribution in [0.4, 0.5) is 4.79 Å². The normalized spacial score (nSPS) is 41.0. The van der Waals surface area contributed by atoms with Crippen LogP contribution in [0.5, 0.6) is 0 Å². The fraction of sp³-hybridized carbons (Fsp3) is 0.875. The average molecular weight is 406 g/mol. The third-order valence-electron chi connectivity index (χ3n) is 5.15. The molecule has 0 aromatic rings. The van der Waals surface area contributed by atoms with E-state index in [1.54, 1.807) is 0 Å². The number of hydrogen-bond acceptors (Lipinski definition) is 9. The molecule has 3 heterocycles. The Labute approximate surface area is 160 Å². The van der Waals surface area contributed by atoms with Gasteiger partial charge in [-0.05, 0) is 12.8 Å². The highest BCUT2D eigenvalue weighted by molar-refractivity contribution is 8.00. The highest BCUT2D eigenvalue weighted by Gasteiger charge is 2.44. The lowest BCUT2D eigenvalue weighted by Gasteiger charge is -2.37. The van der Waals surface area contributed by atoms with Gasteiger partial charge in [0.2, 0.25) is 0 Å². The molecule has 154 valence electrons. The number of hydrogen-bond donors (Lipinski definition) is 6. The van der Waals surface area contributed by atoms with E-state index in [4.69, 9.17) is 9.47 Å². The maximum Gasteiger partial charge on any atom is 0.315 e. The van der Waals surface area contributed by atoms with Crippen molar-refractivity contribution in [3.05, 3.63) is 0 Å². The van der Waals surface area contributed by atoms with E-state index in [0.29, 0.717) is 11.7 Å². The highest BCUT2D eigenvalue weighted by Crippen LogP contribution is 2.33. The molecule has 3 saturated heterocycles. The molecule has 3 fully saturated rings. The van der Waals surface area contributed by atoms with Crippen LogP contribution in [0.15, 0.2) is 0 Å². The van der Waals surface area contributed by atoms with Gasteiger partial charge < -0.3 is 40.5 Å². The molecule has 1 unspecified atom stereocenters. The van der Waals surface area contributed by atoms with Crippen LogP contribution >= 0.6 is 11.8 Å². The molecule has 27 heavy (non-hydrogen) atoms. The first-order chi connectivity index (χ1) is 12.9. The number of nitrogens with one attached hydrogen (secondary N) is 2. The number of fused-ring (bicyclic) bond motifs is 1. The van der Waals surface area contributed by atoms with Gasteiger partial charge in [-0.15, -0.1) is 0 Å². The molecule has 11 heteroatoms. The van der Waals surface area contributed by atoms with Crippen molar-refractivity contribution in [3.8, 4) is 0 Å². The molecule has 3 aliphatic heterocycles. The lowest BCUT2D eigenvalue weighted by molar-refractivity contribution is -0.287. The van der Waals surface area contributed by atoms with Crippen molar-refractivity contribution in [2.24, 2.45) is 0 Å². The first-order valence-electron chi connectivity index (χ1n) is 9.09. The second kappa shape index (κ2) is 8.93. The van der Waals surface area contributed by atoms with Crippen LogP contribution in [0, 0.1) is 0 Å². The molecule has 0 aliphatic carbocycles. The molecular weight excluding hydrogens is 380 g/mol. The average Bonchev–Trinajstić information content (AvgIpc) is 3.18. The molecule has 0 aromatic carbocycles. The van der Waals surface area contributed by atoms with Gasteiger partial charge in [0, 0.05) is 17.4 Å². The van der Waals surface area contributed by atoms with Crippen LogP contribution in [-0.2, 0) is 14.3 Å². The molecule has 3 rings (SSSR count). The molecule has 2 amide bonds. The number of rotatable bonds is 7. The van der Waals surface area contributed by atoms with Crippen LogP contribution < -0.4 is 10.6 Å². The number of aliphatic hydroxyl groups is 4. The predicted octanol–water partition coefficient (Wildman–Crippen LogP) is -1.94. The van der Waals surface area contributed by atoms with Gasteiger partial charge in [-0.2, -0.15) is 11.8 Å². The summed E-state index contributed by atoms with van der Waals surface area (Å²) in [4.78, 5) is 23.2. The molecule has 3 aliphatic rings. The summed E-state index contributed by atoms with van der Waals surface area (Å²) in [5.74, 6) is 0.431. The number of carbonyl (C=O) groups is 2. The van der Waals surface area contributed by atoms with Gasteiger partial charge in [0.1, 0.15) is 31.0 Å². The monoisotopic (exact) mass is 406 g/mol. The second-order valence-corrected chi connectivity index (χ2v) is 8.36. The lowest BCUT2D eigenvalue weighted by atomic mass is 9.99. The van der Waals surface area contributed by atoms with E-state index >= 15 is 0 Å². The first kappa shape index (κ1) is 20.6. The second-order valence-electron chi connectivity index (χ2n) is 7.09. The Kier molecular flexibility index (Phi) is 6.82. The smallest absolute Gasteiger partial charge is 0.315 e. The topological polar surface area (TPSA) is 158 Å². The summed E-state index contributed by atoms with van der Waals surface area (Å²) in [7, 11) is 0. The third kappa shape index (κ3) is 4.84. The van der Waals surface area contributed by atoms with E-state index in [2.05, 4.69) is 10.6 Å². The van der Waals surface area contributed by atoms with E-state index in [1.165, 1.54) is 0 Å². The Morgan fingerprint density at radius 2 is 1.93 bits per heavy atom. The number of urea groups is 1. The highest BCUT2D eigenvalue weighted by atomic mass is 32.2. The van der Waals surface area contributed by atoms with Crippen molar-refractivity contribution in [1.82, 2.24) is 10.6 Å². The van der Waals surface area contributed by atoms with Crippen LogP contribution in [-0.4, -0.2) is 92.8 Å². The first-order valence-corrected chi connectivity index (χ1v) is 10.1. The summed E-state index contributed by atoms with van der Waals surface area (Å²) in [6.07, 6.45) is -4.86. The quantitative estimate of drug-likeness (QED) is 0.161. The third-order valence-corrected chi connectivity index (χ3v) is 6.66. The minimum Gasteiger partial charge on any atom is -0.463 e. The number of ether oxygens (including phenoxy) is 2. The maximum absolute atomic E-state index is 11.8. The van der Waals surface area contributed by atoms with Crippen molar-refractivity contribution in [2.45, 2.75) is 73.7 Å². The van der Waals surface area contributed by atoms with Gasteiger partial charge >= 0.3 is 12.0 Å². The van der Waals surface area contributed by atoms with Gasteiger partial charge in [0.05, 0.1) is 12.1 Å². The van der Waals surface area contributed by atoms with E-state index in [1.807, 2.05) is 11.8 Å². The lowest BCUT2D eigenvalue weighted by Crippen LogP contribution is -2.58. The minimum atomic E-state index is -1.65. The Bertz CT molecular complexity index is 553. The number of esters is 1. The summed E-state index contributed by atoms with van der Waals surface area (Å²) in [6.45, 7) is -0.319. The van der Waals surface area contributed by atoms with Crippen LogP contribution in [0.1, 0.15) is 25.7 Å². The number of unbranched alkanes of at least 4 members (excludes halogenated alkanes) is 1. The van der Waals surface area contributed by atoms with Crippen molar-refractivity contribution < 1.29 is 39.5 Å². The van der Waals surface area contributed by atoms with Crippen molar-refractivity contribution in [2.75, 3.05) is 12.4 Å². The molecule has 8 atom stereocenters. The Morgan fingerprint density at radius 1 is 1.15 bits per heavy atom. The maximum atomic E-state index is 11.8. The number of carbonyl (C=O) groups excluding carboxylic acids is 2. The number of thioether (sulfide) groups is 1.